The Kier molecular flexibility index (Phi) is 4.65. The first-order chi connectivity index (χ1) is 9.45. The Morgan fingerprint density at radius 2 is 2.10 bits per heavy atom. The second-order valence-electron chi connectivity index (χ2n) is 5.03. The highest BCUT2D eigenvalue weighted by Crippen LogP contribution is 2.16. The molecule has 1 aromatic rings. The van der Waals surface area contributed by atoms with E-state index in [0.717, 1.165) is 15.6 Å². The highest BCUT2D eigenvalue weighted by Gasteiger charge is 2.30. The van der Waals surface area contributed by atoms with Crippen LogP contribution in [0.25, 0.3) is 0 Å². The largest absolute Gasteiger partial charge is 0.350 e. The van der Waals surface area contributed by atoms with E-state index >= 15 is 0 Å². The molecule has 5 nitrogen and oxygen atoms in total. The first kappa shape index (κ1) is 14.8. The topological polar surface area (TPSA) is 61.4 Å². The van der Waals surface area contributed by atoms with Crippen molar-refractivity contribution in [3.8, 4) is 0 Å². The molecule has 0 atom stereocenters. The van der Waals surface area contributed by atoms with Gasteiger partial charge in [0, 0.05) is 31.0 Å². The molecule has 1 aliphatic heterocycles. The summed E-state index contributed by atoms with van der Waals surface area (Å²) in [5.41, 5.74) is 2.24. The molecule has 0 bridgehead atoms. The zero-order chi connectivity index (χ0) is 14.7. The van der Waals surface area contributed by atoms with Crippen LogP contribution >= 0.6 is 15.9 Å². The van der Waals surface area contributed by atoms with E-state index in [1.165, 1.54) is 6.92 Å². The zero-order valence-electron chi connectivity index (χ0n) is 11.6. The number of carbonyl (C=O) groups is 2. The molecule has 6 heteroatoms. The third-order valence-electron chi connectivity index (χ3n) is 3.31. The molecule has 1 fully saturated rings. The molecule has 2 rings (SSSR count). The van der Waals surface area contributed by atoms with Gasteiger partial charge in [0.15, 0.2) is 0 Å². The number of nitrogens with one attached hydrogen (secondary N) is 2. The summed E-state index contributed by atoms with van der Waals surface area (Å²) in [6, 6.07) is 5.99. The molecule has 1 aliphatic rings. The lowest BCUT2D eigenvalue weighted by Crippen LogP contribution is -2.62. The summed E-state index contributed by atoms with van der Waals surface area (Å²) in [5.74, 6) is -0.0551. The van der Waals surface area contributed by atoms with Crippen LogP contribution in [0.15, 0.2) is 22.7 Å². The molecule has 0 spiro atoms. The van der Waals surface area contributed by atoms with Gasteiger partial charge in [-0.2, -0.15) is 0 Å². The Morgan fingerprint density at radius 1 is 1.40 bits per heavy atom. The first-order valence-corrected chi connectivity index (χ1v) is 7.30. The van der Waals surface area contributed by atoms with Crippen molar-refractivity contribution in [2.45, 2.75) is 26.4 Å². The van der Waals surface area contributed by atoms with Crippen LogP contribution in [0, 0.1) is 6.92 Å². The van der Waals surface area contributed by atoms with E-state index in [9.17, 15) is 9.59 Å². The quantitative estimate of drug-likeness (QED) is 0.881. The van der Waals surface area contributed by atoms with E-state index in [4.69, 9.17) is 0 Å². The highest BCUT2D eigenvalue weighted by atomic mass is 79.9. The number of urea groups is 1. The fourth-order valence-corrected chi connectivity index (χ4v) is 2.64. The molecule has 108 valence electrons. The van der Waals surface area contributed by atoms with E-state index in [0.29, 0.717) is 19.6 Å². The second-order valence-corrected chi connectivity index (χ2v) is 5.95. The third kappa shape index (κ3) is 3.72. The van der Waals surface area contributed by atoms with E-state index < -0.39 is 0 Å². The minimum atomic E-state index is -0.0890. The van der Waals surface area contributed by atoms with Crippen molar-refractivity contribution in [1.82, 2.24) is 15.5 Å². The number of carbonyl (C=O) groups excluding carboxylic acids is 2. The molecule has 20 heavy (non-hydrogen) atoms. The SMILES string of the molecule is CC(=O)NC1CN(C(=O)NCc2ccc(Br)cc2C)C1. The summed E-state index contributed by atoms with van der Waals surface area (Å²) in [7, 11) is 0. The first-order valence-electron chi connectivity index (χ1n) is 6.50. The number of benzene rings is 1. The van der Waals surface area contributed by atoms with E-state index in [1.807, 2.05) is 25.1 Å². The smallest absolute Gasteiger partial charge is 0.317 e. The van der Waals surface area contributed by atoms with Gasteiger partial charge in [0.05, 0.1) is 6.04 Å². The molecule has 3 amide bonds. The summed E-state index contributed by atoms with van der Waals surface area (Å²) in [5, 5.41) is 5.68. The predicted molar refractivity (Wildman–Crippen MR) is 80.3 cm³/mol. The van der Waals surface area contributed by atoms with E-state index in [1.54, 1.807) is 4.90 Å². The molecule has 1 heterocycles. The number of rotatable bonds is 3. The average Bonchev–Trinajstić information content (AvgIpc) is 2.31. The van der Waals surface area contributed by atoms with Crippen molar-refractivity contribution in [3.05, 3.63) is 33.8 Å². The molecule has 1 aromatic carbocycles. The molecule has 0 radical (unpaired) electrons. The lowest BCUT2D eigenvalue weighted by atomic mass is 10.1. The Bertz CT molecular complexity index is 527. The van der Waals surface area contributed by atoms with E-state index in [2.05, 4.69) is 26.6 Å². The maximum absolute atomic E-state index is 11.9. The van der Waals surface area contributed by atoms with Crippen molar-refractivity contribution >= 4 is 27.9 Å². The second kappa shape index (κ2) is 6.26. The average molecular weight is 340 g/mol. The monoisotopic (exact) mass is 339 g/mol. The Labute approximate surface area is 126 Å². The maximum Gasteiger partial charge on any atom is 0.317 e. The molecule has 1 saturated heterocycles. The summed E-state index contributed by atoms with van der Waals surface area (Å²) >= 11 is 3.42. The van der Waals surface area contributed by atoms with Crippen LogP contribution in [-0.2, 0) is 11.3 Å². The van der Waals surface area contributed by atoms with Gasteiger partial charge in [-0.3, -0.25) is 4.79 Å². The lowest BCUT2D eigenvalue weighted by molar-refractivity contribution is -0.120. The van der Waals surface area contributed by atoms with Gasteiger partial charge >= 0.3 is 6.03 Å². The Morgan fingerprint density at radius 3 is 2.70 bits per heavy atom. The Hall–Kier alpha value is -1.56. The molecule has 0 saturated carbocycles. The number of hydrogen-bond donors (Lipinski definition) is 2. The van der Waals surface area contributed by atoms with E-state index in [-0.39, 0.29) is 18.0 Å². The molecule has 0 aromatic heterocycles. The number of hydrogen-bond acceptors (Lipinski definition) is 2. The van der Waals surface area contributed by atoms with Crippen LogP contribution in [0.2, 0.25) is 0 Å². The molecule has 2 N–H and O–H groups in total. The number of aryl methyl sites for hydroxylation is 1. The third-order valence-corrected chi connectivity index (χ3v) is 3.80. The van der Waals surface area contributed by atoms with Gasteiger partial charge in [-0.1, -0.05) is 22.0 Å². The zero-order valence-corrected chi connectivity index (χ0v) is 13.2. The standard InChI is InChI=1S/C14H18BrN3O2/c1-9-5-12(15)4-3-11(9)6-16-14(20)18-7-13(8-18)17-10(2)19/h3-5,13H,6-8H2,1-2H3,(H,16,20)(H,17,19). The summed E-state index contributed by atoms with van der Waals surface area (Å²) in [6.07, 6.45) is 0. The van der Waals surface area contributed by atoms with Crippen molar-refractivity contribution < 1.29 is 9.59 Å². The fourth-order valence-electron chi connectivity index (χ4n) is 2.16. The molecule has 0 unspecified atom stereocenters. The van der Waals surface area contributed by atoms with Crippen molar-refractivity contribution in [1.29, 1.82) is 0 Å². The van der Waals surface area contributed by atoms with Gasteiger partial charge in [0.1, 0.15) is 0 Å². The molecular weight excluding hydrogens is 322 g/mol. The predicted octanol–water partition coefficient (Wildman–Crippen LogP) is 1.79. The Balaban J connectivity index is 1.78. The molecular formula is C14H18BrN3O2. The van der Waals surface area contributed by atoms with Gasteiger partial charge in [0.2, 0.25) is 5.91 Å². The van der Waals surface area contributed by atoms with Crippen molar-refractivity contribution in [2.24, 2.45) is 0 Å². The minimum Gasteiger partial charge on any atom is -0.350 e. The lowest BCUT2D eigenvalue weighted by Gasteiger charge is -2.39. The number of likely N-dealkylation sites (tertiary alicyclic amines) is 1. The normalized spacial score (nSPS) is 14.7. The number of halogens is 1. The van der Waals surface area contributed by atoms with Gasteiger partial charge < -0.3 is 15.5 Å². The summed E-state index contributed by atoms with van der Waals surface area (Å²) < 4.78 is 1.03. The van der Waals surface area contributed by atoms with Crippen molar-refractivity contribution in [2.75, 3.05) is 13.1 Å². The fraction of sp³-hybridized carbons (Fsp3) is 0.429. The van der Waals surface area contributed by atoms with Crippen LogP contribution in [-0.4, -0.2) is 36.0 Å². The highest BCUT2D eigenvalue weighted by molar-refractivity contribution is 9.10. The van der Waals surface area contributed by atoms with Crippen LogP contribution in [0.3, 0.4) is 0 Å². The number of amides is 3. The number of nitrogens with zero attached hydrogens (tertiary/aromatic N) is 1. The van der Waals surface area contributed by atoms with Crippen LogP contribution in [0.5, 0.6) is 0 Å². The van der Waals surface area contributed by atoms with Gasteiger partial charge in [-0.15, -0.1) is 0 Å². The van der Waals surface area contributed by atoms with Gasteiger partial charge in [-0.25, -0.2) is 4.79 Å². The van der Waals surface area contributed by atoms with Crippen LogP contribution in [0.4, 0.5) is 4.79 Å². The van der Waals surface area contributed by atoms with Crippen LogP contribution in [0.1, 0.15) is 18.1 Å². The summed E-state index contributed by atoms with van der Waals surface area (Å²) in [4.78, 5) is 24.5. The van der Waals surface area contributed by atoms with Gasteiger partial charge in [0.25, 0.3) is 0 Å². The maximum atomic E-state index is 11.9. The summed E-state index contributed by atoms with van der Waals surface area (Å²) in [6.45, 7) is 5.16. The van der Waals surface area contributed by atoms with Crippen LogP contribution < -0.4 is 10.6 Å². The molecule has 0 aliphatic carbocycles. The minimum absolute atomic E-state index is 0.0551. The van der Waals surface area contributed by atoms with Crippen molar-refractivity contribution in [3.63, 3.8) is 0 Å². The van der Waals surface area contributed by atoms with Gasteiger partial charge in [-0.05, 0) is 30.2 Å².